The van der Waals surface area contributed by atoms with Gasteiger partial charge in [-0.15, -0.1) is 0 Å². The molecule has 0 saturated carbocycles. The molecule has 0 aliphatic heterocycles. The van der Waals surface area contributed by atoms with Crippen molar-refractivity contribution < 1.29 is 22.3 Å². The number of anilines is 1. The molecule has 0 fully saturated rings. The number of nitrogens with zero attached hydrogens (tertiary/aromatic N) is 1. The topological polar surface area (TPSA) is 82.3 Å². The molecule has 0 amide bonds. The quantitative estimate of drug-likeness (QED) is 0.339. The number of hydrogen-bond acceptors (Lipinski definition) is 6. The second-order valence-electron chi connectivity index (χ2n) is 7.00. The predicted octanol–water partition coefficient (Wildman–Crippen LogP) is 4.72. The molecule has 0 atom stereocenters. The van der Waals surface area contributed by atoms with E-state index >= 15 is 0 Å². The van der Waals surface area contributed by atoms with Crippen molar-refractivity contribution in [1.82, 2.24) is 0 Å². The Bertz CT molecular complexity index is 1340. The number of aromatic nitrogens is 1. The van der Waals surface area contributed by atoms with E-state index in [1.807, 2.05) is 31.2 Å². The molecule has 0 unspecified atom stereocenters. The fraction of sp³-hybridized carbons (Fsp3) is 0.125. The van der Waals surface area contributed by atoms with Crippen molar-refractivity contribution in [3.63, 3.8) is 0 Å². The molecule has 4 rings (SSSR count). The highest BCUT2D eigenvalue weighted by Crippen LogP contribution is 2.29. The van der Waals surface area contributed by atoms with E-state index < -0.39 is 10.1 Å². The van der Waals surface area contributed by atoms with E-state index in [0.717, 1.165) is 27.7 Å². The van der Waals surface area contributed by atoms with Gasteiger partial charge in [-0.25, -0.2) is 8.42 Å². The third-order valence-electron chi connectivity index (χ3n) is 4.70. The van der Waals surface area contributed by atoms with Crippen LogP contribution in [0.1, 0.15) is 10.6 Å². The van der Waals surface area contributed by atoms with Crippen LogP contribution in [0.3, 0.4) is 0 Å². The molecule has 0 radical (unpaired) electrons. The van der Waals surface area contributed by atoms with Gasteiger partial charge in [0.05, 0.1) is 17.7 Å². The Morgan fingerprint density at radius 2 is 1.66 bits per heavy atom. The van der Waals surface area contributed by atoms with Crippen LogP contribution in [0.4, 0.5) is 5.69 Å². The summed E-state index contributed by atoms with van der Waals surface area (Å²) in [5.74, 6) is 0.808. The molecule has 0 saturated heterocycles. The normalized spacial score (nSPS) is 10.9. The lowest BCUT2D eigenvalue weighted by atomic mass is 10.2. The molecule has 1 N–H and O–H groups in total. The lowest BCUT2D eigenvalue weighted by Crippen LogP contribution is -2.31. The fourth-order valence-electron chi connectivity index (χ4n) is 3.04. The molecule has 1 aromatic heterocycles. The van der Waals surface area contributed by atoms with Crippen molar-refractivity contribution in [3.05, 3.63) is 89.9 Å². The smallest absolute Gasteiger partial charge is 0.285 e. The summed E-state index contributed by atoms with van der Waals surface area (Å²) in [7, 11) is -0.541. The van der Waals surface area contributed by atoms with Crippen molar-refractivity contribution in [1.29, 1.82) is 0 Å². The summed E-state index contributed by atoms with van der Waals surface area (Å²) in [6.07, 6.45) is 0. The largest absolute Gasteiger partial charge is 0.744 e. The molecular weight excluding hydrogens is 444 g/mol. The average molecular weight is 469 g/mol. The van der Waals surface area contributed by atoms with Crippen LogP contribution in [-0.4, -0.2) is 20.1 Å². The molecular formula is C24H24N2O4S2. The van der Waals surface area contributed by atoms with Gasteiger partial charge in [0.15, 0.2) is 0 Å². The molecule has 0 spiro atoms. The maximum Gasteiger partial charge on any atom is 0.285 e. The summed E-state index contributed by atoms with van der Waals surface area (Å²) < 4.78 is 39.9. The van der Waals surface area contributed by atoms with Crippen molar-refractivity contribution in [2.45, 2.75) is 11.8 Å². The number of aryl methyl sites for hydroxylation is 2. The number of para-hydroxylation sites is 3. The number of benzene rings is 3. The Hall–Kier alpha value is -3.20. The summed E-state index contributed by atoms with van der Waals surface area (Å²) in [5, 5.41) is 4.45. The van der Waals surface area contributed by atoms with Crippen molar-refractivity contribution in [2.75, 3.05) is 12.4 Å². The van der Waals surface area contributed by atoms with Gasteiger partial charge in [-0.3, -0.25) is 0 Å². The van der Waals surface area contributed by atoms with Crippen molar-refractivity contribution >= 4 is 43.1 Å². The number of methoxy groups -OCH3 is 1. The number of fused-ring (bicyclic) bond motifs is 1. The van der Waals surface area contributed by atoms with Gasteiger partial charge in [0.25, 0.3) is 5.01 Å². The highest BCUT2D eigenvalue weighted by molar-refractivity contribution is 7.85. The SMILES string of the molecule is C=C(Nc1ccccc1OC)c1sc2ccccc2[n+]1C.Cc1ccc(S(=O)(=O)[O-])cc1. The summed E-state index contributed by atoms with van der Waals surface area (Å²) in [5.41, 5.74) is 3.92. The number of rotatable bonds is 5. The first kappa shape index (κ1) is 23.5. The van der Waals surface area contributed by atoms with Crippen LogP contribution in [-0.2, 0) is 17.2 Å². The van der Waals surface area contributed by atoms with Crippen LogP contribution < -0.4 is 14.6 Å². The molecule has 4 aromatic rings. The van der Waals surface area contributed by atoms with Gasteiger partial charge in [-0.2, -0.15) is 4.57 Å². The molecule has 166 valence electrons. The summed E-state index contributed by atoms with van der Waals surface area (Å²) in [6.45, 7) is 6.00. The van der Waals surface area contributed by atoms with Gasteiger partial charge in [0, 0.05) is 6.07 Å². The van der Waals surface area contributed by atoms with Crippen LogP contribution in [0.15, 0.2) is 84.3 Å². The standard InChI is InChI=1S/C17H17N2OS.C7H8O3S/c1-12(18-13-8-4-6-10-15(13)20-3)17-19(2)14-9-5-7-11-16(14)21-17;1-6-2-4-7(5-3-6)11(8,9)10/h4-11,18H,1H2,2-3H3;2-5H,1H3,(H,8,9,10)/q+1;/p-1. The molecule has 32 heavy (non-hydrogen) atoms. The molecule has 1 heterocycles. The highest BCUT2D eigenvalue weighted by Gasteiger charge is 2.19. The summed E-state index contributed by atoms with van der Waals surface area (Å²) in [4.78, 5) is -0.178. The Kier molecular flexibility index (Phi) is 7.29. The number of thiazole rings is 1. The van der Waals surface area contributed by atoms with Crippen LogP contribution >= 0.6 is 11.3 Å². The van der Waals surface area contributed by atoms with Crippen LogP contribution in [0.2, 0.25) is 0 Å². The fourth-order valence-corrected chi connectivity index (χ4v) is 4.58. The number of nitrogens with one attached hydrogen (secondary N) is 1. The Morgan fingerprint density at radius 3 is 2.28 bits per heavy atom. The van der Waals surface area contributed by atoms with E-state index in [2.05, 4.69) is 47.8 Å². The zero-order chi connectivity index (χ0) is 23.3. The molecule has 0 aliphatic rings. The number of hydrogen-bond donors (Lipinski definition) is 1. The van der Waals surface area contributed by atoms with Crippen LogP contribution in [0.25, 0.3) is 15.9 Å². The first-order valence-corrected chi connectivity index (χ1v) is 11.9. The van der Waals surface area contributed by atoms with E-state index in [-0.39, 0.29) is 4.90 Å². The van der Waals surface area contributed by atoms with E-state index in [1.54, 1.807) is 30.6 Å². The zero-order valence-electron chi connectivity index (χ0n) is 18.0. The van der Waals surface area contributed by atoms with Gasteiger partial charge >= 0.3 is 0 Å². The van der Waals surface area contributed by atoms with Crippen LogP contribution in [0, 0.1) is 6.92 Å². The minimum Gasteiger partial charge on any atom is -0.744 e. The third kappa shape index (κ3) is 5.53. The summed E-state index contributed by atoms with van der Waals surface area (Å²) in [6, 6.07) is 22.0. The second kappa shape index (κ2) is 9.95. The van der Waals surface area contributed by atoms with E-state index in [9.17, 15) is 13.0 Å². The zero-order valence-corrected chi connectivity index (χ0v) is 19.7. The third-order valence-corrected chi connectivity index (χ3v) is 6.83. The Morgan fingerprint density at radius 1 is 1.03 bits per heavy atom. The maximum atomic E-state index is 10.4. The molecule has 3 aromatic carbocycles. The van der Waals surface area contributed by atoms with E-state index in [0.29, 0.717) is 0 Å². The summed E-state index contributed by atoms with van der Waals surface area (Å²) >= 11 is 1.72. The van der Waals surface area contributed by atoms with Gasteiger partial charge in [-0.05, 0) is 37.3 Å². The maximum absolute atomic E-state index is 10.4. The average Bonchev–Trinajstić information content (AvgIpc) is 3.11. The minimum atomic E-state index is -4.27. The van der Waals surface area contributed by atoms with Crippen molar-refractivity contribution in [3.8, 4) is 5.75 Å². The number of ether oxygens (including phenoxy) is 1. The molecule has 0 aliphatic carbocycles. The monoisotopic (exact) mass is 468 g/mol. The molecule has 6 nitrogen and oxygen atoms in total. The minimum absolute atomic E-state index is 0.178. The lowest BCUT2D eigenvalue weighted by Gasteiger charge is -2.10. The first-order chi connectivity index (χ1) is 15.2. The van der Waals surface area contributed by atoms with Gasteiger partial charge in [0.1, 0.15) is 33.3 Å². The molecule has 0 bridgehead atoms. The van der Waals surface area contributed by atoms with Crippen molar-refractivity contribution in [2.24, 2.45) is 7.05 Å². The van der Waals surface area contributed by atoms with Gasteiger partial charge in [-0.1, -0.05) is 59.9 Å². The van der Waals surface area contributed by atoms with Gasteiger partial charge < -0.3 is 14.6 Å². The van der Waals surface area contributed by atoms with E-state index in [1.165, 1.54) is 22.3 Å². The van der Waals surface area contributed by atoms with Gasteiger partial charge in [0.2, 0.25) is 5.52 Å². The predicted molar refractivity (Wildman–Crippen MR) is 128 cm³/mol. The molecule has 8 heteroatoms. The Balaban J connectivity index is 0.000000222. The highest BCUT2D eigenvalue weighted by atomic mass is 32.2. The Labute approximate surface area is 192 Å². The van der Waals surface area contributed by atoms with Crippen LogP contribution in [0.5, 0.6) is 5.75 Å². The second-order valence-corrected chi connectivity index (χ2v) is 9.42. The first-order valence-electron chi connectivity index (χ1n) is 9.70. The lowest BCUT2D eigenvalue weighted by molar-refractivity contribution is -0.642. The van der Waals surface area contributed by atoms with E-state index in [4.69, 9.17) is 4.74 Å².